The molecule has 11 heteroatoms. The third-order valence-electron chi connectivity index (χ3n) is 7.15. The second kappa shape index (κ2) is 17.4. The average Bonchev–Trinajstić information content (AvgIpc) is 3.26. The van der Waals surface area contributed by atoms with Crippen molar-refractivity contribution in [2.45, 2.75) is 98.1 Å². The van der Waals surface area contributed by atoms with Crippen LogP contribution in [0.5, 0.6) is 0 Å². The number of aryl methyl sites for hydroxylation is 2. The normalized spacial score (nSPS) is 11.1. The molecule has 0 aliphatic heterocycles. The van der Waals surface area contributed by atoms with Gasteiger partial charge in [-0.2, -0.15) is 0 Å². The zero-order valence-electron chi connectivity index (χ0n) is 24.8. The summed E-state index contributed by atoms with van der Waals surface area (Å²) in [6, 6.07) is 7.60. The van der Waals surface area contributed by atoms with Gasteiger partial charge in [-0.1, -0.05) is 99.5 Å². The zero-order chi connectivity index (χ0) is 30.5. The summed E-state index contributed by atoms with van der Waals surface area (Å²) in [5.41, 5.74) is 5.34. The molecule has 1 heterocycles. The summed E-state index contributed by atoms with van der Waals surface area (Å²) in [6.07, 6.45) is 12.1. The summed E-state index contributed by atoms with van der Waals surface area (Å²) in [6.45, 7) is 7.73. The van der Waals surface area contributed by atoms with Crippen molar-refractivity contribution in [3.8, 4) is 0 Å². The molecule has 1 aromatic heterocycles. The molecule has 0 aliphatic carbocycles. The van der Waals surface area contributed by atoms with E-state index in [-0.39, 0.29) is 10.7 Å². The van der Waals surface area contributed by atoms with Crippen LogP contribution in [0.3, 0.4) is 0 Å². The Morgan fingerprint density at radius 3 is 1.86 bits per heavy atom. The Morgan fingerprint density at radius 1 is 0.762 bits per heavy atom. The Kier molecular flexibility index (Phi) is 14.0. The molecular formula is C31H42Cl3N5O3. The van der Waals surface area contributed by atoms with Crippen LogP contribution in [0.4, 0.5) is 10.5 Å². The van der Waals surface area contributed by atoms with Crippen molar-refractivity contribution >= 4 is 63.5 Å². The maximum Gasteiger partial charge on any atom is 0.339 e. The molecule has 0 unspecified atom stereocenters. The smallest absolute Gasteiger partial charge is 0.339 e. The number of ether oxygens (including phenoxy) is 1. The highest BCUT2D eigenvalue weighted by atomic mass is 35.5. The predicted molar refractivity (Wildman–Crippen MR) is 173 cm³/mol. The maximum absolute atomic E-state index is 12.8. The van der Waals surface area contributed by atoms with Crippen molar-refractivity contribution in [2.24, 2.45) is 5.10 Å². The molecule has 42 heavy (non-hydrogen) atoms. The number of halogens is 3. The highest BCUT2D eigenvalue weighted by molar-refractivity contribution is 6.42. The maximum atomic E-state index is 12.8. The number of nitrogens with zero attached hydrogens (tertiary/aromatic N) is 3. The number of amides is 2. The molecule has 3 aromatic rings. The summed E-state index contributed by atoms with van der Waals surface area (Å²) in [4.78, 5) is 25.4. The number of fused-ring (bicyclic) bond motifs is 1. The van der Waals surface area contributed by atoms with Crippen molar-refractivity contribution < 1.29 is 14.3 Å². The van der Waals surface area contributed by atoms with E-state index in [1.54, 1.807) is 24.3 Å². The molecule has 3 rings (SSSR count). The molecule has 2 N–H and O–H groups in total. The van der Waals surface area contributed by atoms with E-state index in [2.05, 4.69) is 22.8 Å². The number of hydrogen-bond donors (Lipinski definition) is 2. The SMILES string of the molecule is CCCCCCCCCCCCOC(=O)c1ccc(Cl)c(NC(=O)NN=c2n(CC)c3cc(Cl)c(Cl)cc3n2CC)c1. The Bertz CT molecular complexity index is 1370. The number of esters is 1. The van der Waals surface area contributed by atoms with E-state index < -0.39 is 12.0 Å². The number of carbonyl (C=O) groups is 2. The van der Waals surface area contributed by atoms with Crippen LogP contribution in [0.1, 0.15) is 95.3 Å². The highest BCUT2D eigenvalue weighted by Gasteiger charge is 2.15. The molecule has 2 amide bonds. The lowest BCUT2D eigenvalue weighted by Gasteiger charge is -2.10. The fraction of sp³-hybridized carbons (Fsp3) is 0.516. The Labute approximate surface area is 263 Å². The van der Waals surface area contributed by atoms with E-state index in [0.29, 0.717) is 40.9 Å². The first-order chi connectivity index (χ1) is 20.3. The van der Waals surface area contributed by atoms with Crippen LogP contribution >= 0.6 is 34.8 Å². The number of hydrogen-bond acceptors (Lipinski definition) is 4. The number of nitrogens with one attached hydrogen (secondary N) is 2. The molecule has 8 nitrogen and oxygen atoms in total. The monoisotopic (exact) mass is 637 g/mol. The molecule has 230 valence electrons. The van der Waals surface area contributed by atoms with E-state index in [1.807, 2.05) is 23.0 Å². The lowest BCUT2D eigenvalue weighted by Crippen LogP contribution is -2.32. The van der Waals surface area contributed by atoms with Gasteiger partial charge < -0.3 is 19.2 Å². The Hall–Kier alpha value is -2.68. The van der Waals surface area contributed by atoms with E-state index >= 15 is 0 Å². The molecule has 0 fully saturated rings. The van der Waals surface area contributed by atoms with Crippen LogP contribution in [-0.4, -0.2) is 27.7 Å². The van der Waals surface area contributed by atoms with Gasteiger partial charge in [-0.15, -0.1) is 5.10 Å². The van der Waals surface area contributed by atoms with Gasteiger partial charge in [-0.25, -0.2) is 15.0 Å². The first-order valence-electron chi connectivity index (χ1n) is 15.0. The van der Waals surface area contributed by atoms with Gasteiger partial charge in [0.1, 0.15) is 0 Å². The molecule has 0 spiro atoms. The Morgan fingerprint density at radius 2 is 1.31 bits per heavy atom. The van der Waals surface area contributed by atoms with Gasteiger partial charge in [0, 0.05) is 13.1 Å². The number of rotatable bonds is 16. The first-order valence-corrected chi connectivity index (χ1v) is 16.1. The minimum Gasteiger partial charge on any atom is -0.462 e. The molecule has 0 atom stereocenters. The van der Waals surface area contributed by atoms with E-state index in [4.69, 9.17) is 39.5 Å². The number of benzene rings is 2. The van der Waals surface area contributed by atoms with Gasteiger partial charge >= 0.3 is 12.0 Å². The van der Waals surface area contributed by atoms with Crippen molar-refractivity contribution in [2.75, 3.05) is 11.9 Å². The topological polar surface area (TPSA) is 89.7 Å². The van der Waals surface area contributed by atoms with Gasteiger partial charge in [-0.3, -0.25) is 0 Å². The quantitative estimate of drug-likeness (QED) is 0.0931. The fourth-order valence-electron chi connectivity index (χ4n) is 4.90. The number of anilines is 1. The molecule has 0 saturated carbocycles. The molecule has 0 aliphatic rings. The van der Waals surface area contributed by atoms with E-state index in [9.17, 15) is 9.59 Å². The highest BCUT2D eigenvalue weighted by Crippen LogP contribution is 2.28. The Balaban J connectivity index is 1.55. The lowest BCUT2D eigenvalue weighted by molar-refractivity contribution is 0.0497. The van der Waals surface area contributed by atoms with Crippen LogP contribution in [-0.2, 0) is 17.8 Å². The van der Waals surface area contributed by atoms with Crippen molar-refractivity contribution in [3.63, 3.8) is 0 Å². The van der Waals surface area contributed by atoms with Crippen molar-refractivity contribution in [3.05, 3.63) is 56.6 Å². The molecule has 2 aromatic carbocycles. The number of urea groups is 1. The molecular weight excluding hydrogens is 597 g/mol. The number of unbranched alkanes of at least 4 members (excludes halogenated alkanes) is 9. The zero-order valence-corrected chi connectivity index (χ0v) is 27.0. The third-order valence-corrected chi connectivity index (χ3v) is 8.20. The minimum absolute atomic E-state index is 0.274. The number of carbonyl (C=O) groups excluding carboxylic acids is 2. The number of aromatic nitrogens is 2. The van der Waals surface area contributed by atoms with Crippen LogP contribution in [0.2, 0.25) is 15.1 Å². The average molecular weight is 639 g/mol. The summed E-state index contributed by atoms with van der Waals surface area (Å²) in [7, 11) is 0. The fourth-order valence-corrected chi connectivity index (χ4v) is 5.38. The standard InChI is InChI=1S/C31H42Cl3N5O3/c1-4-7-8-9-10-11-12-13-14-15-18-42-29(40)22-16-17-23(32)26(19-22)35-30(41)36-37-31-38(5-2)27-20-24(33)25(34)21-28(27)39(31)6-3/h16-17,19-21H,4-15,18H2,1-3H3,(H2,35,36,41). The van der Waals surface area contributed by atoms with Crippen molar-refractivity contribution in [1.29, 1.82) is 0 Å². The first kappa shape index (κ1) is 33.8. The summed E-state index contributed by atoms with van der Waals surface area (Å²) < 4.78 is 9.31. The van der Waals surface area contributed by atoms with Gasteiger partial charge in [0.15, 0.2) is 0 Å². The third kappa shape index (κ3) is 9.41. The molecule has 0 saturated heterocycles. The van der Waals surface area contributed by atoms with Gasteiger partial charge in [0.25, 0.3) is 0 Å². The molecule has 0 radical (unpaired) electrons. The minimum atomic E-state index is -0.612. The summed E-state index contributed by atoms with van der Waals surface area (Å²) in [5, 5.41) is 8.19. The predicted octanol–water partition coefficient (Wildman–Crippen LogP) is 9.16. The van der Waals surface area contributed by atoms with E-state index in [0.717, 1.165) is 30.3 Å². The van der Waals surface area contributed by atoms with Crippen LogP contribution < -0.4 is 16.4 Å². The van der Waals surface area contributed by atoms with Gasteiger partial charge in [-0.05, 0) is 50.6 Å². The second-order valence-corrected chi connectivity index (χ2v) is 11.5. The summed E-state index contributed by atoms with van der Waals surface area (Å²) in [5.74, 6) is -0.454. The van der Waals surface area contributed by atoms with E-state index in [1.165, 1.54) is 51.0 Å². The largest absolute Gasteiger partial charge is 0.462 e. The number of imidazole rings is 1. The lowest BCUT2D eigenvalue weighted by atomic mass is 10.1. The van der Waals surface area contributed by atoms with Gasteiger partial charge in [0.05, 0.1) is 44.0 Å². The van der Waals surface area contributed by atoms with Crippen LogP contribution in [0.15, 0.2) is 35.4 Å². The van der Waals surface area contributed by atoms with Crippen LogP contribution in [0, 0.1) is 0 Å². The van der Waals surface area contributed by atoms with Gasteiger partial charge in [0.2, 0.25) is 5.62 Å². The van der Waals surface area contributed by atoms with Crippen LogP contribution in [0.25, 0.3) is 11.0 Å². The van der Waals surface area contributed by atoms with Crippen molar-refractivity contribution in [1.82, 2.24) is 14.6 Å². The molecule has 0 bridgehead atoms. The second-order valence-electron chi connectivity index (χ2n) is 10.2. The summed E-state index contributed by atoms with van der Waals surface area (Å²) >= 11 is 18.8.